The Kier molecular flexibility index (Phi) is 4.66. The molecule has 0 spiro atoms. The molecule has 106 valence electrons. The Hall–Kier alpha value is -0.430. The Balaban J connectivity index is 2.23. The second-order valence-corrected chi connectivity index (χ2v) is 7.84. The maximum absolute atomic E-state index is 12.6. The first kappa shape index (κ1) is 15.0. The number of hydrogen-bond acceptors (Lipinski definition) is 3. The number of benzene rings is 1. The highest BCUT2D eigenvalue weighted by atomic mass is 79.9. The van der Waals surface area contributed by atoms with Crippen LogP contribution in [0, 0.1) is 0 Å². The summed E-state index contributed by atoms with van der Waals surface area (Å²) in [5.41, 5.74) is 5.87. The first-order chi connectivity index (χ1) is 8.93. The normalized spacial score (nSPS) is 24.6. The van der Waals surface area contributed by atoms with Gasteiger partial charge in [-0.3, -0.25) is 0 Å². The van der Waals surface area contributed by atoms with Gasteiger partial charge >= 0.3 is 0 Å². The first-order valence-corrected chi connectivity index (χ1v) is 8.64. The lowest BCUT2D eigenvalue weighted by Crippen LogP contribution is -2.41. The minimum Gasteiger partial charge on any atom is -0.328 e. The molecule has 1 aromatic carbocycles. The van der Waals surface area contributed by atoms with Gasteiger partial charge in [-0.15, -0.1) is 0 Å². The number of sulfonamides is 1. The van der Waals surface area contributed by atoms with Crippen molar-refractivity contribution in [1.29, 1.82) is 0 Å². The molecule has 2 rings (SSSR count). The molecule has 2 N–H and O–H groups in total. The van der Waals surface area contributed by atoms with E-state index >= 15 is 0 Å². The van der Waals surface area contributed by atoms with Crippen LogP contribution >= 0.6 is 15.9 Å². The van der Waals surface area contributed by atoms with Gasteiger partial charge in [0.1, 0.15) is 0 Å². The Morgan fingerprint density at radius 3 is 2.37 bits per heavy atom. The minimum absolute atomic E-state index is 0.0527. The fourth-order valence-corrected chi connectivity index (χ4v) is 4.85. The summed E-state index contributed by atoms with van der Waals surface area (Å²) in [6, 6.07) is 7.19. The standard InChI is InChI=1S/C13H19BrN2O2S/c1-16(11-8-6-10(15)7-9-11)19(17,18)13-5-3-2-4-12(13)14/h2-5,10-11H,6-9,15H2,1H3. The predicted octanol–water partition coefficient (Wildman–Crippen LogP) is 2.34. The number of rotatable bonds is 3. The van der Waals surface area contributed by atoms with Crippen LogP contribution in [0.15, 0.2) is 33.6 Å². The molecule has 0 aliphatic heterocycles. The zero-order valence-electron chi connectivity index (χ0n) is 10.9. The molecular weight excluding hydrogens is 328 g/mol. The van der Waals surface area contributed by atoms with E-state index in [1.165, 1.54) is 4.31 Å². The largest absolute Gasteiger partial charge is 0.328 e. The Morgan fingerprint density at radius 1 is 1.21 bits per heavy atom. The van der Waals surface area contributed by atoms with Gasteiger partial charge in [-0.05, 0) is 53.7 Å². The third-order valence-corrected chi connectivity index (χ3v) is 6.67. The van der Waals surface area contributed by atoms with Crippen molar-refractivity contribution in [2.45, 2.75) is 42.7 Å². The SMILES string of the molecule is CN(C1CCC(N)CC1)S(=O)(=O)c1ccccc1Br. The van der Waals surface area contributed by atoms with Crippen molar-refractivity contribution in [3.8, 4) is 0 Å². The predicted molar refractivity (Wildman–Crippen MR) is 79.3 cm³/mol. The second kappa shape index (κ2) is 5.91. The summed E-state index contributed by atoms with van der Waals surface area (Å²) >= 11 is 3.31. The van der Waals surface area contributed by atoms with Crippen LogP contribution in [0.3, 0.4) is 0 Å². The zero-order valence-corrected chi connectivity index (χ0v) is 13.3. The topological polar surface area (TPSA) is 63.4 Å². The monoisotopic (exact) mass is 346 g/mol. The Labute approximate surface area is 123 Å². The number of hydrogen-bond donors (Lipinski definition) is 1. The van der Waals surface area contributed by atoms with Crippen LogP contribution in [-0.2, 0) is 10.0 Å². The summed E-state index contributed by atoms with van der Waals surface area (Å²) in [4.78, 5) is 0.326. The van der Waals surface area contributed by atoms with E-state index in [1.54, 1.807) is 25.2 Å². The van der Waals surface area contributed by atoms with Gasteiger partial charge < -0.3 is 5.73 Å². The van der Waals surface area contributed by atoms with E-state index in [1.807, 2.05) is 6.07 Å². The third-order valence-electron chi connectivity index (χ3n) is 3.75. The maximum atomic E-state index is 12.6. The molecule has 1 aromatic rings. The highest BCUT2D eigenvalue weighted by Gasteiger charge is 2.31. The van der Waals surface area contributed by atoms with Crippen LogP contribution in [0.2, 0.25) is 0 Å². The summed E-state index contributed by atoms with van der Waals surface area (Å²) in [5, 5.41) is 0. The van der Waals surface area contributed by atoms with E-state index in [4.69, 9.17) is 5.73 Å². The van der Waals surface area contributed by atoms with E-state index in [0.29, 0.717) is 9.37 Å². The van der Waals surface area contributed by atoms with Crippen molar-refractivity contribution in [1.82, 2.24) is 4.31 Å². The van der Waals surface area contributed by atoms with Gasteiger partial charge in [0.2, 0.25) is 10.0 Å². The molecule has 19 heavy (non-hydrogen) atoms. The van der Waals surface area contributed by atoms with E-state index in [-0.39, 0.29) is 12.1 Å². The van der Waals surface area contributed by atoms with Gasteiger partial charge in [0.05, 0.1) is 4.90 Å². The summed E-state index contributed by atoms with van der Waals surface area (Å²) in [6.45, 7) is 0. The van der Waals surface area contributed by atoms with E-state index in [9.17, 15) is 8.42 Å². The van der Waals surface area contributed by atoms with Crippen LogP contribution in [0.5, 0.6) is 0 Å². The van der Waals surface area contributed by atoms with Crippen molar-refractivity contribution in [3.63, 3.8) is 0 Å². The molecule has 0 unspecified atom stereocenters. The molecule has 1 saturated carbocycles. The number of nitrogens with zero attached hydrogens (tertiary/aromatic N) is 1. The molecule has 1 fully saturated rings. The lowest BCUT2D eigenvalue weighted by Gasteiger charge is -2.32. The van der Waals surface area contributed by atoms with Crippen molar-refractivity contribution in [2.75, 3.05) is 7.05 Å². The summed E-state index contributed by atoms with van der Waals surface area (Å²) in [5.74, 6) is 0. The first-order valence-electron chi connectivity index (χ1n) is 6.41. The molecule has 0 amide bonds. The second-order valence-electron chi connectivity index (χ2n) is 5.02. The highest BCUT2D eigenvalue weighted by Crippen LogP contribution is 2.29. The maximum Gasteiger partial charge on any atom is 0.244 e. The molecule has 0 radical (unpaired) electrons. The van der Waals surface area contributed by atoms with Gasteiger partial charge in [0.15, 0.2) is 0 Å². The van der Waals surface area contributed by atoms with E-state index < -0.39 is 10.0 Å². The molecule has 0 heterocycles. The lowest BCUT2D eigenvalue weighted by atomic mass is 9.92. The van der Waals surface area contributed by atoms with Crippen LogP contribution < -0.4 is 5.73 Å². The summed E-state index contributed by atoms with van der Waals surface area (Å²) in [6.07, 6.45) is 3.45. The Bertz CT molecular complexity index is 539. The van der Waals surface area contributed by atoms with Crippen molar-refractivity contribution in [2.24, 2.45) is 5.73 Å². The lowest BCUT2D eigenvalue weighted by molar-refractivity contribution is 0.268. The van der Waals surface area contributed by atoms with Crippen LogP contribution in [-0.4, -0.2) is 31.9 Å². The molecule has 0 saturated heterocycles. The summed E-state index contributed by atoms with van der Waals surface area (Å²) in [7, 11) is -1.78. The van der Waals surface area contributed by atoms with E-state index in [0.717, 1.165) is 25.7 Å². The molecule has 6 heteroatoms. The van der Waals surface area contributed by atoms with E-state index in [2.05, 4.69) is 15.9 Å². The average Bonchev–Trinajstić information content (AvgIpc) is 2.39. The molecule has 0 bridgehead atoms. The highest BCUT2D eigenvalue weighted by molar-refractivity contribution is 9.10. The van der Waals surface area contributed by atoms with Gasteiger partial charge in [0.25, 0.3) is 0 Å². The van der Waals surface area contributed by atoms with Crippen LogP contribution in [0.25, 0.3) is 0 Å². The van der Waals surface area contributed by atoms with Crippen molar-refractivity contribution >= 4 is 26.0 Å². The molecule has 1 aliphatic carbocycles. The van der Waals surface area contributed by atoms with Gasteiger partial charge in [-0.25, -0.2) is 8.42 Å². The molecule has 4 nitrogen and oxygen atoms in total. The smallest absolute Gasteiger partial charge is 0.244 e. The Morgan fingerprint density at radius 2 is 1.79 bits per heavy atom. The average molecular weight is 347 g/mol. The van der Waals surface area contributed by atoms with Crippen LogP contribution in [0.1, 0.15) is 25.7 Å². The molecule has 0 aromatic heterocycles. The fourth-order valence-electron chi connectivity index (χ4n) is 2.47. The molecule has 1 aliphatic rings. The van der Waals surface area contributed by atoms with Gasteiger partial charge in [-0.1, -0.05) is 12.1 Å². The molecule has 0 atom stereocenters. The van der Waals surface area contributed by atoms with Crippen LogP contribution in [0.4, 0.5) is 0 Å². The molecular formula is C13H19BrN2O2S. The zero-order chi connectivity index (χ0) is 14.0. The quantitative estimate of drug-likeness (QED) is 0.913. The third kappa shape index (κ3) is 3.18. The fraction of sp³-hybridized carbons (Fsp3) is 0.538. The minimum atomic E-state index is -3.44. The van der Waals surface area contributed by atoms with Gasteiger partial charge in [-0.2, -0.15) is 4.31 Å². The van der Waals surface area contributed by atoms with Crippen molar-refractivity contribution in [3.05, 3.63) is 28.7 Å². The van der Waals surface area contributed by atoms with Crippen molar-refractivity contribution < 1.29 is 8.42 Å². The number of halogens is 1. The summed E-state index contributed by atoms with van der Waals surface area (Å²) < 4.78 is 27.3. The number of nitrogens with two attached hydrogens (primary N) is 1. The van der Waals surface area contributed by atoms with Gasteiger partial charge in [0, 0.05) is 23.6 Å².